The number of nitrogens with two attached hydrogens (primary N) is 1. The molecule has 0 fully saturated rings. The summed E-state index contributed by atoms with van der Waals surface area (Å²) in [6.45, 7) is 5.96. The van der Waals surface area contributed by atoms with Gasteiger partial charge in [-0.05, 0) is 57.6 Å². The molecule has 8 nitrogen and oxygen atoms in total. The van der Waals surface area contributed by atoms with E-state index in [9.17, 15) is 14.4 Å². The van der Waals surface area contributed by atoms with Crippen LogP contribution in [0.25, 0.3) is 0 Å². The molecular weight excluding hydrogens is 400 g/mol. The standard InChI is InChI=1S/C23H36N2O6/c1-23(2,3)31-22(28)25-19(13-14-20(24)26)16-30-15-18-11-9-17(10-12-18)7-5-6-8-21(27)29-4/h9-12,19H,5-8,13-16H2,1-4H3,(H2,24,26)(H,25,28)/t19-/m0/s1. The van der Waals surface area contributed by atoms with Crippen molar-refractivity contribution in [3.63, 3.8) is 0 Å². The number of amides is 2. The third-order valence-electron chi connectivity index (χ3n) is 4.39. The molecule has 0 spiro atoms. The zero-order valence-corrected chi connectivity index (χ0v) is 19.1. The van der Waals surface area contributed by atoms with Gasteiger partial charge in [-0.25, -0.2) is 4.79 Å². The molecule has 0 unspecified atom stereocenters. The fourth-order valence-corrected chi connectivity index (χ4v) is 2.81. The van der Waals surface area contributed by atoms with Gasteiger partial charge in [0.25, 0.3) is 0 Å². The van der Waals surface area contributed by atoms with Crippen molar-refractivity contribution < 1.29 is 28.6 Å². The molecule has 0 aromatic heterocycles. The first-order valence-corrected chi connectivity index (χ1v) is 10.6. The van der Waals surface area contributed by atoms with Crippen LogP contribution in [-0.4, -0.2) is 43.3 Å². The highest BCUT2D eigenvalue weighted by Gasteiger charge is 2.20. The second kappa shape index (κ2) is 13.6. The lowest BCUT2D eigenvalue weighted by atomic mass is 10.1. The number of nitrogens with one attached hydrogen (secondary N) is 1. The van der Waals surface area contributed by atoms with Gasteiger partial charge >= 0.3 is 12.1 Å². The maximum absolute atomic E-state index is 12.0. The third-order valence-corrected chi connectivity index (χ3v) is 4.39. The number of unbranched alkanes of at least 4 members (excludes halogenated alkanes) is 1. The number of aryl methyl sites for hydroxylation is 1. The lowest BCUT2D eigenvalue weighted by molar-refractivity contribution is -0.140. The van der Waals surface area contributed by atoms with Gasteiger partial charge in [0.2, 0.25) is 5.91 Å². The number of methoxy groups -OCH3 is 1. The van der Waals surface area contributed by atoms with Crippen molar-refractivity contribution in [2.45, 2.75) is 77.5 Å². The highest BCUT2D eigenvalue weighted by molar-refractivity contribution is 5.74. The van der Waals surface area contributed by atoms with E-state index in [-0.39, 0.29) is 25.0 Å². The maximum atomic E-state index is 12.0. The first-order chi connectivity index (χ1) is 14.6. The number of benzene rings is 1. The molecule has 0 heterocycles. The summed E-state index contributed by atoms with van der Waals surface area (Å²) in [5, 5.41) is 2.74. The van der Waals surface area contributed by atoms with E-state index in [1.807, 2.05) is 24.3 Å². The Morgan fingerprint density at radius 3 is 2.26 bits per heavy atom. The van der Waals surface area contributed by atoms with Crippen LogP contribution in [0, 0.1) is 0 Å². The molecule has 0 saturated heterocycles. The molecule has 1 aromatic rings. The minimum atomic E-state index is -0.611. The Kier molecular flexibility index (Phi) is 11.6. The van der Waals surface area contributed by atoms with Crippen molar-refractivity contribution in [2.75, 3.05) is 13.7 Å². The molecule has 31 heavy (non-hydrogen) atoms. The molecule has 0 aliphatic heterocycles. The van der Waals surface area contributed by atoms with Crippen molar-refractivity contribution in [2.24, 2.45) is 5.73 Å². The Labute approximate surface area is 184 Å². The average molecular weight is 437 g/mol. The van der Waals surface area contributed by atoms with Crippen molar-refractivity contribution in [3.8, 4) is 0 Å². The number of carbonyl (C=O) groups excluding carboxylic acids is 3. The summed E-state index contributed by atoms with van der Waals surface area (Å²) in [6, 6.07) is 7.70. The molecule has 2 amide bonds. The van der Waals surface area contributed by atoms with Crippen LogP contribution >= 0.6 is 0 Å². The summed E-state index contributed by atoms with van der Waals surface area (Å²) in [6.07, 6.45) is 3.02. The molecule has 0 saturated carbocycles. The number of ether oxygens (including phenoxy) is 3. The average Bonchev–Trinajstić information content (AvgIpc) is 2.68. The highest BCUT2D eigenvalue weighted by Crippen LogP contribution is 2.11. The van der Waals surface area contributed by atoms with E-state index in [1.165, 1.54) is 12.7 Å². The van der Waals surface area contributed by atoms with Crippen molar-refractivity contribution >= 4 is 18.0 Å². The first kappa shape index (κ1) is 26.4. The van der Waals surface area contributed by atoms with Crippen LogP contribution in [0.1, 0.15) is 64.0 Å². The van der Waals surface area contributed by atoms with Crippen LogP contribution in [0.5, 0.6) is 0 Å². The zero-order chi connectivity index (χ0) is 23.3. The monoisotopic (exact) mass is 436 g/mol. The fraction of sp³-hybridized carbons (Fsp3) is 0.609. The van der Waals surface area contributed by atoms with Crippen LogP contribution in [0.15, 0.2) is 24.3 Å². The van der Waals surface area contributed by atoms with Crippen molar-refractivity contribution in [1.29, 1.82) is 0 Å². The number of carbonyl (C=O) groups is 3. The van der Waals surface area contributed by atoms with Gasteiger partial charge in [0.1, 0.15) is 5.60 Å². The SMILES string of the molecule is COC(=O)CCCCc1ccc(COC[C@H](CCC(N)=O)NC(=O)OC(C)(C)C)cc1. The normalized spacial score (nSPS) is 12.1. The quantitative estimate of drug-likeness (QED) is 0.362. The van der Waals surface area contributed by atoms with E-state index in [1.54, 1.807) is 20.8 Å². The van der Waals surface area contributed by atoms with E-state index >= 15 is 0 Å². The summed E-state index contributed by atoms with van der Waals surface area (Å²) in [5.41, 5.74) is 6.81. The number of primary amides is 1. The summed E-state index contributed by atoms with van der Waals surface area (Å²) >= 11 is 0. The maximum Gasteiger partial charge on any atom is 0.407 e. The lowest BCUT2D eigenvalue weighted by Crippen LogP contribution is -2.42. The molecule has 3 N–H and O–H groups in total. The van der Waals surface area contributed by atoms with Gasteiger partial charge in [-0.3, -0.25) is 9.59 Å². The minimum absolute atomic E-state index is 0.147. The van der Waals surface area contributed by atoms with Crippen LogP contribution in [0.3, 0.4) is 0 Å². The van der Waals surface area contributed by atoms with Crippen LogP contribution < -0.4 is 11.1 Å². The fourth-order valence-electron chi connectivity index (χ4n) is 2.81. The molecule has 1 rings (SSSR count). The second-order valence-corrected chi connectivity index (χ2v) is 8.46. The van der Waals surface area contributed by atoms with E-state index in [4.69, 9.17) is 15.2 Å². The molecular formula is C23H36N2O6. The van der Waals surface area contributed by atoms with Crippen LogP contribution in [0.2, 0.25) is 0 Å². The zero-order valence-electron chi connectivity index (χ0n) is 19.1. The Hall–Kier alpha value is -2.61. The summed E-state index contributed by atoms with van der Waals surface area (Å²) in [7, 11) is 1.40. The van der Waals surface area contributed by atoms with E-state index < -0.39 is 17.6 Å². The van der Waals surface area contributed by atoms with Gasteiger partial charge in [-0.2, -0.15) is 0 Å². The van der Waals surface area contributed by atoms with Gasteiger partial charge in [0.05, 0.1) is 26.4 Å². The van der Waals surface area contributed by atoms with Gasteiger partial charge in [-0.15, -0.1) is 0 Å². The number of esters is 1. The Morgan fingerprint density at radius 2 is 1.68 bits per heavy atom. The largest absolute Gasteiger partial charge is 0.469 e. The summed E-state index contributed by atoms with van der Waals surface area (Å²) < 4.78 is 15.6. The minimum Gasteiger partial charge on any atom is -0.469 e. The van der Waals surface area contributed by atoms with Crippen molar-refractivity contribution in [1.82, 2.24) is 5.32 Å². The predicted octanol–water partition coefficient (Wildman–Crippen LogP) is 3.25. The molecule has 1 aromatic carbocycles. The molecule has 0 aliphatic carbocycles. The summed E-state index contributed by atoms with van der Waals surface area (Å²) in [5.74, 6) is -0.610. The topological polar surface area (TPSA) is 117 Å². The second-order valence-electron chi connectivity index (χ2n) is 8.46. The molecule has 0 bridgehead atoms. The molecule has 174 valence electrons. The van der Waals surface area contributed by atoms with E-state index in [0.29, 0.717) is 19.4 Å². The number of alkyl carbamates (subject to hydrolysis) is 1. The summed E-state index contributed by atoms with van der Waals surface area (Å²) in [4.78, 5) is 34.2. The van der Waals surface area contributed by atoms with Crippen LogP contribution in [0.4, 0.5) is 4.79 Å². The first-order valence-electron chi connectivity index (χ1n) is 10.6. The molecule has 8 heteroatoms. The van der Waals surface area contributed by atoms with Gasteiger partial charge < -0.3 is 25.3 Å². The predicted molar refractivity (Wildman–Crippen MR) is 117 cm³/mol. The third kappa shape index (κ3) is 13.3. The van der Waals surface area contributed by atoms with Gasteiger partial charge in [0, 0.05) is 12.8 Å². The van der Waals surface area contributed by atoms with E-state index in [2.05, 4.69) is 10.1 Å². The number of hydrogen-bond acceptors (Lipinski definition) is 6. The van der Waals surface area contributed by atoms with Crippen molar-refractivity contribution in [3.05, 3.63) is 35.4 Å². The smallest absolute Gasteiger partial charge is 0.407 e. The molecule has 0 radical (unpaired) electrons. The highest BCUT2D eigenvalue weighted by atomic mass is 16.6. The molecule has 1 atom stereocenters. The lowest BCUT2D eigenvalue weighted by Gasteiger charge is -2.23. The van der Waals surface area contributed by atoms with Gasteiger partial charge in [-0.1, -0.05) is 24.3 Å². The Bertz CT molecular complexity index is 697. The van der Waals surface area contributed by atoms with E-state index in [0.717, 1.165) is 24.8 Å². The Morgan fingerprint density at radius 1 is 1.03 bits per heavy atom. The number of rotatable bonds is 13. The van der Waals surface area contributed by atoms with Gasteiger partial charge in [0.15, 0.2) is 0 Å². The molecule has 0 aliphatic rings. The number of hydrogen-bond donors (Lipinski definition) is 2. The van der Waals surface area contributed by atoms with Crippen LogP contribution in [-0.2, 0) is 36.8 Å². The Balaban J connectivity index is 2.44.